The Morgan fingerprint density at radius 2 is 1.74 bits per heavy atom. The van der Waals surface area contributed by atoms with E-state index in [-0.39, 0.29) is 16.2 Å². The second-order valence-electron chi connectivity index (χ2n) is 7.57. The van der Waals surface area contributed by atoms with E-state index < -0.39 is 17.8 Å². The van der Waals surface area contributed by atoms with E-state index in [0.29, 0.717) is 16.3 Å². The lowest BCUT2D eigenvalue weighted by Crippen LogP contribution is -2.54. The molecular formula is C24H17BrClN3O4S. The molecule has 172 valence electrons. The molecule has 0 spiro atoms. The molecule has 1 aliphatic rings. The van der Waals surface area contributed by atoms with Crippen LogP contribution in [0.2, 0.25) is 5.02 Å². The number of hydrogen-bond acceptors (Lipinski definition) is 4. The summed E-state index contributed by atoms with van der Waals surface area (Å²) in [4.78, 5) is 38.3. The van der Waals surface area contributed by atoms with Crippen LogP contribution in [0.3, 0.4) is 0 Å². The van der Waals surface area contributed by atoms with Gasteiger partial charge in [0.25, 0.3) is 11.8 Å². The molecular weight excluding hydrogens is 542 g/mol. The first-order valence-electron chi connectivity index (χ1n) is 9.97. The second-order valence-corrected chi connectivity index (χ2v) is 9.22. The summed E-state index contributed by atoms with van der Waals surface area (Å²) in [5.74, 6) is -2.30. The average molecular weight is 559 g/mol. The first-order valence-corrected chi connectivity index (χ1v) is 11.6. The number of thiocarbonyl (C=S) groups is 1. The largest absolute Gasteiger partial charge is 0.478 e. The van der Waals surface area contributed by atoms with Gasteiger partial charge in [0, 0.05) is 21.5 Å². The third-order valence-electron chi connectivity index (χ3n) is 5.41. The highest BCUT2D eigenvalue weighted by molar-refractivity contribution is 9.10. The molecule has 2 N–H and O–H groups in total. The van der Waals surface area contributed by atoms with Gasteiger partial charge in [-0.1, -0.05) is 11.6 Å². The summed E-state index contributed by atoms with van der Waals surface area (Å²) < 4.78 is 2.75. The monoisotopic (exact) mass is 557 g/mol. The van der Waals surface area contributed by atoms with Crippen molar-refractivity contribution in [3.05, 3.63) is 86.1 Å². The Bertz CT molecular complexity index is 1410. The molecule has 1 aromatic heterocycles. The fourth-order valence-electron chi connectivity index (χ4n) is 3.76. The number of nitrogens with zero attached hydrogens (tertiary/aromatic N) is 2. The van der Waals surface area contributed by atoms with E-state index in [0.717, 1.165) is 21.5 Å². The van der Waals surface area contributed by atoms with Crippen molar-refractivity contribution in [3.63, 3.8) is 0 Å². The number of carboxylic acids is 1. The Labute approximate surface area is 213 Å². The lowest BCUT2D eigenvalue weighted by atomic mass is 10.1. The van der Waals surface area contributed by atoms with E-state index in [4.69, 9.17) is 28.9 Å². The lowest BCUT2D eigenvalue weighted by Gasteiger charge is -2.29. The molecule has 1 aliphatic heterocycles. The van der Waals surface area contributed by atoms with E-state index in [9.17, 15) is 14.4 Å². The van der Waals surface area contributed by atoms with E-state index in [2.05, 4.69) is 21.2 Å². The summed E-state index contributed by atoms with van der Waals surface area (Å²) in [7, 11) is 0. The SMILES string of the molecule is Cc1cc(/C=C2\C(=O)NC(=S)N(c3ccc(C(=O)O)cc3)C2=O)c(C)n1-c1ccc(Br)c(Cl)c1. The van der Waals surface area contributed by atoms with Gasteiger partial charge in [-0.3, -0.25) is 19.8 Å². The van der Waals surface area contributed by atoms with E-state index in [1.807, 2.05) is 42.7 Å². The highest BCUT2D eigenvalue weighted by atomic mass is 79.9. The second kappa shape index (κ2) is 9.17. The minimum absolute atomic E-state index is 0.0689. The van der Waals surface area contributed by atoms with Gasteiger partial charge in [0.2, 0.25) is 0 Å². The lowest BCUT2D eigenvalue weighted by molar-refractivity contribution is -0.122. The molecule has 0 bridgehead atoms. The van der Waals surface area contributed by atoms with Gasteiger partial charge < -0.3 is 9.67 Å². The minimum atomic E-state index is -1.09. The van der Waals surface area contributed by atoms with Crippen LogP contribution in [0.25, 0.3) is 11.8 Å². The number of halogens is 2. The van der Waals surface area contributed by atoms with Gasteiger partial charge in [0.15, 0.2) is 5.11 Å². The number of carboxylic acid groups (broad SMARTS) is 1. The molecule has 2 aromatic carbocycles. The molecule has 34 heavy (non-hydrogen) atoms. The number of hydrogen-bond donors (Lipinski definition) is 2. The number of anilines is 1. The third-order valence-corrected chi connectivity index (χ3v) is 6.92. The van der Waals surface area contributed by atoms with Gasteiger partial charge in [0.05, 0.1) is 16.3 Å². The number of aryl methyl sites for hydroxylation is 1. The molecule has 4 rings (SSSR count). The molecule has 3 aromatic rings. The zero-order valence-electron chi connectivity index (χ0n) is 17.9. The highest BCUT2D eigenvalue weighted by Gasteiger charge is 2.34. The average Bonchev–Trinajstić information content (AvgIpc) is 3.06. The van der Waals surface area contributed by atoms with Crippen LogP contribution in [0.4, 0.5) is 5.69 Å². The maximum atomic E-state index is 13.3. The van der Waals surface area contributed by atoms with Crippen LogP contribution >= 0.6 is 39.7 Å². The molecule has 0 aliphatic carbocycles. The van der Waals surface area contributed by atoms with E-state index >= 15 is 0 Å². The third kappa shape index (κ3) is 4.29. The zero-order valence-corrected chi connectivity index (χ0v) is 21.1. The molecule has 0 radical (unpaired) electrons. The van der Waals surface area contributed by atoms with Crippen LogP contribution < -0.4 is 10.2 Å². The van der Waals surface area contributed by atoms with Crippen molar-refractivity contribution in [1.29, 1.82) is 0 Å². The first kappa shape index (κ1) is 23.9. The van der Waals surface area contributed by atoms with Crippen molar-refractivity contribution in [3.8, 4) is 5.69 Å². The Morgan fingerprint density at radius 3 is 2.35 bits per heavy atom. The van der Waals surface area contributed by atoms with Crippen molar-refractivity contribution in [1.82, 2.24) is 9.88 Å². The number of benzene rings is 2. The fraction of sp³-hybridized carbons (Fsp3) is 0.0833. The van der Waals surface area contributed by atoms with Gasteiger partial charge >= 0.3 is 5.97 Å². The Hall–Kier alpha value is -3.27. The molecule has 0 saturated carbocycles. The Morgan fingerprint density at radius 1 is 1.09 bits per heavy atom. The summed E-state index contributed by atoms with van der Waals surface area (Å²) in [5, 5.41) is 12.1. The van der Waals surface area contributed by atoms with Crippen LogP contribution in [0.1, 0.15) is 27.3 Å². The molecule has 7 nitrogen and oxygen atoms in total. The van der Waals surface area contributed by atoms with Crippen molar-refractivity contribution in [2.45, 2.75) is 13.8 Å². The van der Waals surface area contributed by atoms with Gasteiger partial charge in [-0.25, -0.2) is 4.79 Å². The molecule has 1 fully saturated rings. The number of amides is 2. The number of rotatable bonds is 4. The smallest absolute Gasteiger partial charge is 0.335 e. The van der Waals surface area contributed by atoms with Crippen molar-refractivity contribution in [2.75, 3.05) is 4.90 Å². The van der Waals surface area contributed by atoms with Crippen LogP contribution in [0.15, 0.2) is 58.6 Å². The topological polar surface area (TPSA) is 91.6 Å². The molecule has 2 heterocycles. The summed E-state index contributed by atoms with van der Waals surface area (Å²) in [6.07, 6.45) is 1.53. The Kier molecular flexibility index (Phi) is 6.44. The van der Waals surface area contributed by atoms with Crippen LogP contribution in [-0.2, 0) is 9.59 Å². The van der Waals surface area contributed by atoms with Gasteiger partial charge in [-0.15, -0.1) is 0 Å². The van der Waals surface area contributed by atoms with Crippen LogP contribution in [-0.4, -0.2) is 32.6 Å². The van der Waals surface area contributed by atoms with E-state index in [1.54, 1.807) is 0 Å². The van der Waals surface area contributed by atoms with Crippen molar-refractivity contribution in [2.24, 2.45) is 0 Å². The number of nitrogens with one attached hydrogen (secondary N) is 1. The Balaban J connectivity index is 1.74. The van der Waals surface area contributed by atoms with Crippen molar-refractivity contribution >= 4 is 74.4 Å². The van der Waals surface area contributed by atoms with Gasteiger partial charge in [0.1, 0.15) is 5.57 Å². The first-order chi connectivity index (χ1) is 16.1. The predicted molar refractivity (Wildman–Crippen MR) is 138 cm³/mol. The van der Waals surface area contributed by atoms with Crippen LogP contribution in [0.5, 0.6) is 0 Å². The maximum Gasteiger partial charge on any atom is 0.335 e. The quantitative estimate of drug-likeness (QED) is 0.266. The molecule has 0 atom stereocenters. The summed E-state index contributed by atoms with van der Waals surface area (Å²) >= 11 is 14.9. The number of aromatic nitrogens is 1. The standard InChI is InChI=1S/C24H17BrClN3O4S/c1-12-9-15(13(2)28(12)17-7-8-19(25)20(26)11-17)10-18-21(30)27-24(34)29(22(18)31)16-5-3-14(4-6-16)23(32)33/h3-11H,1-2H3,(H,32,33)(H,27,30,34)/b18-10+. The summed E-state index contributed by atoms with van der Waals surface area (Å²) in [6, 6.07) is 13.1. The highest BCUT2D eigenvalue weighted by Crippen LogP contribution is 2.29. The number of carbonyl (C=O) groups excluding carboxylic acids is 2. The van der Waals surface area contributed by atoms with Gasteiger partial charge in [-0.2, -0.15) is 0 Å². The number of carbonyl (C=O) groups is 3. The molecule has 0 unspecified atom stereocenters. The van der Waals surface area contributed by atoms with E-state index in [1.165, 1.54) is 35.2 Å². The fourth-order valence-corrected chi connectivity index (χ4v) is 4.46. The summed E-state index contributed by atoms with van der Waals surface area (Å²) in [5.41, 5.74) is 3.56. The van der Waals surface area contributed by atoms with Crippen LogP contribution in [0, 0.1) is 13.8 Å². The predicted octanol–water partition coefficient (Wildman–Crippen LogP) is 5.04. The summed E-state index contributed by atoms with van der Waals surface area (Å²) in [6.45, 7) is 3.80. The molecule has 10 heteroatoms. The molecule has 2 amide bonds. The van der Waals surface area contributed by atoms with Crippen molar-refractivity contribution < 1.29 is 19.5 Å². The minimum Gasteiger partial charge on any atom is -0.478 e. The normalized spacial score (nSPS) is 15.1. The zero-order chi connectivity index (χ0) is 24.7. The molecule has 1 saturated heterocycles. The maximum absolute atomic E-state index is 13.3. The van der Waals surface area contributed by atoms with Gasteiger partial charge in [-0.05, 0) is 102 Å². The number of aromatic carboxylic acids is 1.